The molecule has 1 aliphatic rings. The average Bonchev–Trinajstić information content (AvgIpc) is 2.98. The first-order valence-electron chi connectivity index (χ1n) is 8.11. The molecule has 0 aliphatic carbocycles. The fourth-order valence-corrected chi connectivity index (χ4v) is 3.71. The minimum Gasteiger partial charge on any atom is -0.357 e. The molecule has 156 valence electrons. The second-order valence-corrected chi connectivity index (χ2v) is 8.05. The van der Waals surface area contributed by atoms with Gasteiger partial charge in [0.15, 0.2) is 5.75 Å². The monoisotopic (exact) mass is 495 g/mol. The number of aromatic nitrogens is 1. The zero-order valence-electron chi connectivity index (χ0n) is 14.5. The molecule has 0 saturated carbocycles. The van der Waals surface area contributed by atoms with E-state index in [4.69, 9.17) is 0 Å². The molecule has 3 rings (SSSR count). The Morgan fingerprint density at radius 1 is 1.34 bits per heavy atom. The lowest BCUT2D eigenvalue weighted by Crippen LogP contribution is -2.40. The van der Waals surface area contributed by atoms with Crippen LogP contribution in [0.4, 0.5) is 12.7 Å². The number of halogens is 4. The van der Waals surface area contributed by atoms with Gasteiger partial charge in [0.25, 0.3) is 11.8 Å². The van der Waals surface area contributed by atoms with Gasteiger partial charge in [0, 0.05) is 30.6 Å². The Kier molecular flexibility index (Phi) is 5.72. The Balaban J connectivity index is 1.78. The molecule has 0 atom stereocenters. The van der Waals surface area contributed by atoms with Crippen LogP contribution in [-0.2, 0) is 15.3 Å². The van der Waals surface area contributed by atoms with Gasteiger partial charge in [-0.3, -0.25) is 14.6 Å². The predicted molar refractivity (Wildman–Crippen MR) is 98.6 cm³/mol. The molecule has 2 amide bonds. The number of amides is 2. The maximum atomic E-state index is 13.2. The van der Waals surface area contributed by atoms with Crippen LogP contribution in [0.15, 0.2) is 28.9 Å². The van der Waals surface area contributed by atoms with E-state index in [0.717, 1.165) is 11.0 Å². The zero-order chi connectivity index (χ0) is 21.4. The molecule has 1 fully saturated rings. The molecule has 1 saturated heterocycles. The normalized spacial score (nSPS) is 16.1. The number of alkyl halides is 2. The van der Waals surface area contributed by atoms with E-state index in [1.807, 2.05) is 0 Å². The quantitative estimate of drug-likeness (QED) is 0.637. The van der Waals surface area contributed by atoms with E-state index in [9.17, 15) is 30.7 Å². The van der Waals surface area contributed by atoms with Crippen molar-refractivity contribution in [2.45, 2.75) is 12.3 Å². The van der Waals surface area contributed by atoms with Crippen LogP contribution in [0, 0.1) is 0 Å². The van der Waals surface area contributed by atoms with Crippen LogP contribution in [0.25, 0.3) is 10.9 Å². The van der Waals surface area contributed by atoms with Gasteiger partial charge in [-0.25, -0.2) is 8.78 Å². The van der Waals surface area contributed by atoms with Crippen molar-refractivity contribution < 1.29 is 34.9 Å². The first-order valence-corrected chi connectivity index (χ1v) is 10.2. The van der Waals surface area contributed by atoms with Crippen molar-refractivity contribution >= 4 is 49.2 Å². The number of hydrogen-bond acceptors (Lipinski definition) is 6. The van der Waals surface area contributed by atoms with Crippen molar-refractivity contribution in [3.8, 4) is 5.75 Å². The van der Waals surface area contributed by atoms with Crippen molar-refractivity contribution in [1.29, 1.82) is 0 Å². The summed E-state index contributed by atoms with van der Waals surface area (Å²) in [6.45, 7) is -1.25. The van der Waals surface area contributed by atoms with E-state index in [1.165, 1.54) is 18.3 Å². The highest BCUT2D eigenvalue weighted by Gasteiger charge is 2.40. The van der Waals surface area contributed by atoms with E-state index in [2.05, 4.69) is 30.4 Å². The highest BCUT2D eigenvalue weighted by Crippen LogP contribution is 2.32. The SMILES string of the molecule is O=C(NCC(=O)N1CCC(F)(F)C1)c1ccnc2cc(OS(=O)(=O)F)c(Br)cc12. The van der Waals surface area contributed by atoms with Gasteiger partial charge >= 0.3 is 10.5 Å². The van der Waals surface area contributed by atoms with Gasteiger partial charge in [-0.05, 0) is 28.1 Å². The highest BCUT2D eigenvalue weighted by molar-refractivity contribution is 9.10. The maximum Gasteiger partial charge on any atom is 0.488 e. The van der Waals surface area contributed by atoms with E-state index >= 15 is 0 Å². The third-order valence-electron chi connectivity index (χ3n) is 4.15. The number of nitrogens with zero attached hydrogens (tertiary/aromatic N) is 2. The van der Waals surface area contributed by atoms with Crippen molar-refractivity contribution in [1.82, 2.24) is 15.2 Å². The summed E-state index contributed by atoms with van der Waals surface area (Å²) in [6.07, 6.45) is 0.830. The smallest absolute Gasteiger partial charge is 0.357 e. The number of fused-ring (bicyclic) bond motifs is 1. The minimum absolute atomic E-state index is 0.0450. The summed E-state index contributed by atoms with van der Waals surface area (Å²) in [4.78, 5) is 29.4. The van der Waals surface area contributed by atoms with Crippen LogP contribution in [0.1, 0.15) is 16.8 Å². The summed E-state index contributed by atoms with van der Waals surface area (Å²) in [6, 6.07) is 3.77. The number of pyridine rings is 1. The molecule has 0 radical (unpaired) electrons. The van der Waals surface area contributed by atoms with Gasteiger partial charge in [-0.2, -0.15) is 8.42 Å². The third kappa shape index (κ3) is 5.15. The number of carbonyl (C=O) groups is 2. The Morgan fingerprint density at radius 3 is 2.69 bits per heavy atom. The van der Waals surface area contributed by atoms with Crippen LogP contribution in [0.2, 0.25) is 0 Å². The summed E-state index contributed by atoms with van der Waals surface area (Å²) < 4.78 is 64.8. The molecule has 2 aromatic rings. The number of carbonyl (C=O) groups excluding carboxylic acids is 2. The van der Waals surface area contributed by atoms with Crippen molar-refractivity contribution in [3.63, 3.8) is 0 Å². The van der Waals surface area contributed by atoms with Gasteiger partial charge in [-0.15, -0.1) is 0 Å². The first-order chi connectivity index (χ1) is 13.5. The van der Waals surface area contributed by atoms with Crippen LogP contribution >= 0.6 is 15.9 Å². The van der Waals surface area contributed by atoms with Crippen LogP contribution < -0.4 is 9.50 Å². The standard InChI is InChI=1S/C16H13BrF3N3O5S/c17-11-5-10-9(1-3-21-12(10)6-13(11)28-29(20,26)27)15(25)22-7-14(24)23-4-2-16(18,19)8-23/h1,3,5-6H,2,4,7-8H2,(H,22,25). The number of nitrogens with one attached hydrogen (secondary N) is 1. The maximum absolute atomic E-state index is 13.2. The third-order valence-corrected chi connectivity index (χ3v) is 5.15. The van der Waals surface area contributed by atoms with Crippen LogP contribution in [0.5, 0.6) is 5.75 Å². The van der Waals surface area contributed by atoms with Gasteiger partial charge in [-0.1, -0.05) is 3.89 Å². The number of rotatable bonds is 5. The van der Waals surface area contributed by atoms with Crippen molar-refractivity contribution in [3.05, 3.63) is 34.4 Å². The second kappa shape index (κ2) is 7.78. The Hall–Kier alpha value is -2.41. The fourth-order valence-electron chi connectivity index (χ4n) is 2.83. The van der Waals surface area contributed by atoms with Gasteiger partial charge in [0.2, 0.25) is 5.91 Å². The summed E-state index contributed by atoms with van der Waals surface area (Å²) >= 11 is 3.02. The number of benzene rings is 1. The molecule has 1 aliphatic heterocycles. The molecule has 1 N–H and O–H groups in total. The molecule has 13 heteroatoms. The van der Waals surface area contributed by atoms with Gasteiger partial charge < -0.3 is 14.4 Å². The van der Waals surface area contributed by atoms with Gasteiger partial charge in [0.1, 0.15) is 0 Å². The molecule has 2 heterocycles. The Bertz CT molecular complexity index is 1100. The van der Waals surface area contributed by atoms with E-state index in [-0.39, 0.29) is 33.2 Å². The van der Waals surface area contributed by atoms with E-state index in [1.54, 1.807) is 0 Å². The molecule has 1 aromatic heterocycles. The Morgan fingerprint density at radius 2 is 2.07 bits per heavy atom. The zero-order valence-corrected chi connectivity index (χ0v) is 16.9. The summed E-state index contributed by atoms with van der Waals surface area (Å²) in [5.74, 6) is -4.61. The lowest BCUT2D eigenvalue weighted by atomic mass is 10.1. The van der Waals surface area contributed by atoms with Gasteiger partial charge in [0.05, 0.1) is 28.6 Å². The fraction of sp³-hybridized carbons (Fsp3) is 0.312. The van der Waals surface area contributed by atoms with Crippen LogP contribution in [0.3, 0.4) is 0 Å². The van der Waals surface area contributed by atoms with E-state index in [0.29, 0.717) is 0 Å². The van der Waals surface area contributed by atoms with Crippen molar-refractivity contribution in [2.75, 3.05) is 19.6 Å². The number of likely N-dealkylation sites (tertiary alicyclic amines) is 1. The lowest BCUT2D eigenvalue weighted by Gasteiger charge is -2.16. The molecule has 29 heavy (non-hydrogen) atoms. The number of hydrogen-bond donors (Lipinski definition) is 1. The summed E-state index contributed by atoms with van der Waals surface area (Å²) in [5.41, 5.74) is 0.218. The minimum atomic E-state index is -5.26. The average molecular weight is 496 g/mol. The largest absolute Gasteiger partial charge is 0.488 e. The molecular weight excluding hydrogens is 483 g/mol. The molecule has 0 spiro atoms. The highest BCUT2D eigenvalue weighted by atomic mass is 79.9. The molecule has 0 unspecified atom stereocenters. The molecule has 8 nitrogen and oxygen atoms in total. The lowest BCUT2D eigenvalue weighted by molar-refractivity contribution is -0.130. The summed E-state index contributed by atoms with van der Waals surface area (Å²) in [7, 11) is -5.26. The summed E-state index contributed by atoms with van der Waals surface area (Å²) in [5, 5.41) is 2.63. The molecular formula is C16H13BrF3N3O5S. The molecule has 1 aromatic carbocycles. The predicted octanol–water partition coefficient (Wildman–Crippen LogP) is 2.19. The Labute approximate surface area is 171 Å². The first kappa shape index (κ1) is 21.3. The topological polar surface area (TPSA) is 106 Å². The van der Waals surface area contributed by atoms with E-state index < -0.39 is 47.8 Å². The van der Waals surface area contributed by atoms with Crippen molar-refractivity contribution in [2.24, 2.45) is 0 Å². The van der Waals surface area contributed by atoms with Crippen LogP contribution in [-0.4, -0.2) is 55.7 Å². The second-order valence-electron chi connectivity index (χ2n) is 6.24. The molecule has 0 bridgehead atoms.